The van der Waals surface area contributed by atoms with Crippen molar-refractivity contribution in [1.82, 2.24) is 4.57 Å². The minimum Gasteiger partial charge on any atom is -0.310 e. The van der Waals surface area contributed by atoms with Crippen molar-refractivity contribution in [2.75, 3.05) is 4.90 Å². The molecule has 1 aliphatic heterocycles. The molecule has 1 unspecified atom stereocenters. The Bertz CT molecular complexity index is 3960. The third-order valence-electron chi connectivity index (χ3n) is 15.7. The SMILES string of the molecule is CC1(c2ccccc2)c2ccccc2-c2ccc(N(c3ccc(-c4cccc([Si]5(c6ccccc6)c6ccccc6-c6ccccc65)c4)cc3)c3ccc4c(c3)c3ccccc3n4-c3ccccc3)cc21. The van der Waals surface area contributed by atoms with E-state index in [9.17, 15) is 0 Å². The summed E-state index contributed by atoms with van der Waals surface area (Å²) < 4.78 is 2.40. The van der Waals surface area contributed by atoms with E-state index >= 15 is 0 Å². The molecule has 71 heavy (non-hydrogen) atoms. The lowest BCUT2D eigenvalue weighted by atomic mass is 9.74. The highest BCUT2D eigenvalue weighted by atomic mass is 28.3. The lowest BCUT2D eigenvalue weighted by Crippen LogP contribution is -2.72. The largest absolute Gasteiger partial charge is 0.310 e. The number of aromatic nitrogens is 1. The van der Waals surface area contributed by atoms with Crippen LogP contribution in [-0.4, -0.2) is 12.6 Å². The predicted molar refractivity (Wildman–Crippen MR) is 301 cm³/mol. The van der Waals surface area contributed by atoms with Gasteiger partial charge in [-0.15, -0.1) is 0 Å². The zero-order chi connectivity index (χ0) is 47.1. The molecule has 0 N–H and O–H groups in total. The fourth-order valence-corrected chi connectivity index (χ4v) is 17.8. The van der Waals surface area contributed by atoms with Gasteiger partial charge in [-0.1, -0.05) is 212 Å². The van der Waals surface area contributed by atoms with Gasteiger partial charge in [-0.25, -0.2) is 0 Å². The fourth-order valence-electron chi connectivity index (χ4n) is 12.6. The molecule has 3 heteroatoms. The van der Waals surface area contributed by atoms with Crippen molar-refractivity contribution >= 4 is 67.7 Å². The third-order valence-corrected chi connectivity index (χ3v) is 20.6. The molecule has 2 nitrogen and oxygen atoms in total. The maximum absolute atomic E-state index is 2.65. The summed E-state index contributed by atoms with van der Waals surface area (Å²) in [6.07, 6.45) is 0. The van der Waals surface area contributed by atoms with Gasteiger partial charge in [-0.3, -0.25) is 0 Å². The molecule has 1 aliphatic carbocycles. The first-order chi connectivity index (χ1) is 35.1. The van der Waals surface area contributed by atoms with E-state index in [1.807, 2.05) is 0 Å². The van der Waals surface area contributed by atoms with Crippen LogP contribution in [0.15, 0.2) is 273 Å². The summed E-state index contributed by atoms with van der Waals surface area (Å²) in [5.41, 5.74) is 18.2. The lowest BCUT2D eigenvalue weighted by Gasteiger charge is -2.31. The second kappa shape index (κ2) is 16.2. The lowest BCUT2D eigenvalue weighted by molar-refractivity contribution is 0.714. The number of anilines is 3. The van der Waals surface area contributed by atoms with Gasteiger partial charge in [0, 0.05) is 38.9 Å². The highest BCUT2D eigenvalue weighted by Gasteiger charge is 2.48. The van der Waals surface area contributed by atoms with Gasteiger partial charge in [0.1, 0.15) is 0 Å². The quantitative estimate of drug-likeness (QED) is 0.138. The van der Waals surface area contributed by atoms with Crippen LogP contribution in [-0.2, 0) is 5.41 Å². The Morgan fingerprint density at radius 1 is 0.352 bits per heavy atom. The zero-order valence-electron chi connectivity index (χ0n) is 39.4. The normalized spacial score (nSPS) is 15.0. The molecular formula is C68H48N2Si. The second-order valence-electron chi connectivity index (χ2n) is 19.3. The van der Waals surface area contributed by atoms with E-state index < -0.39 is 8.07 Å². The molecule has 334 valence electrons. The molecule has 2 aliphatic rings. The molecule has 1 aromatic heterocycles. The Morgan fingerprint density at radius 2 is 0.901 bits per heavy atom. The van der Waals surface area contributed by atoms with Gasteiger partial charge in [0.25, 0.3) is 0 Å². The van der Waals surface area contributed by atoms with Gasteiger partial charge in [0.15, 0.2) is 8.07 Å². The van der Waals surface area contributed by atoms with Crippen molar-refractivity contribution in [1.29, 1.82) is 0 Å². The van der Waals surface area contributed by atoms with Gasteiger partial charge in [0.05, 0.1) is 11.0 Å². The van der Waals surface area contributed by atoms with Crippen LogP contribution in [0.2, 0.25) is 0 Å². The van der Waals surface area contributed by atoms with Crippen LogP contribution < -0.4 is 25.6 Å². The van der Waals surface area contributed by atoms with Crippen LogP contribution in [0.3, 0.4) is 0 Å². The molecule has 0 radical (unpaired) electrons. The molecule has 11 aromatic carbocycles. The number of hydrogen-bond acceptors (Lipinski definition) is 1. The number of fused-ring (bicyclic) bond motifs is 9. The van der Waals surface area contributed by atoms with Crippen LogP contribution in [0.1, 0.15) is 23.6 Å². The van der Waals surface area contributed by atoms with Crippen molar-refractivity contribution in [3.8, 4) is 39.1 Å². The maximum atomic E-state index is 2.49. The summed E-state index contributed by atoms with van der Waals surface area (Å²) in [6, 6.07) is 102. The van der Waals surface area contributed by atoms with Crippen LogP contribution in [0.25, 0.3) is 60.9 Å². The Labute approximate surface area is 416 Å². The molecule has 0 fully saturated rings. The van der Waals surface area contributed by atoms with E-state index in [1.165, 1.54) is 92.6 Å². The predicted octanol–water partition coefficient (Wildman–Crippen LogP) is 14.6. The average molecular weight is 921 g/mol. The molecule has 1 atom stereocenters. The van der Waals surface area contributed by atoms with Gasteiger partial charge in [-0.05, 0) is 138 Å². The monoisotopic (exact) mass is 920 g/mol. The number of rotatable bonds is 8. The summed E-state index contributed by atoms with van der Waals surface area (Å²) in [7, 11) is -2.65. The zero-order valence-corrected chi connectivity index (χ0v) is 40.4. The summed E-state index contributed by atoms with van der Waals surface area (Å²) in [5.74, 6) is 0. The molecule has 0 spiro atoms. The summed E-state index contributed by atoms with van der Waals surface area (Å²) in [6.45, 7) is 2.40. The standard InChI is InChI=1S/C68H48N2Si/c1-68(49-21-5-2-6-22-49)62-32-15-11-28-56(62)57-42-40-53(46-63(57)68)69(52-41-43-65-61(45-52)58-29-12-16-33-64(58)70(65)50-23-7-3-8-24-50)51-38-36-47(37-39-51)48-20-19-27-55(44-48)71(54-25-9-4-10-26-54)66-34-17-13-30-59(66)60-31-14-18-35-67(60)71/h2-46H,1H3. The molecule has 2 heterocycles. The Hall–Kier alpha value is -8.76. The Morgan fingerprint density at radius 3 is 1.65 bits per heavy atom. The van der Waals surface area contributed by atoms with E-state index in [4.69, 9.17) is 0 Å². The Balaban J connectivity index is 0.939. The third kappa shape index (κ3) is 6.13. The van der Waals surface area contributed by atoms with Crippen molar-refractivity contribution in [2.45, 2.75) is 12.3 Å². The number of hydrogen-bond donors (Lipinski definition) is 0. The van der Waals surface area contributed by atoms with Crippen molar-refractivity contribution in [2.24, 2.45) is 0 Å². The maximum Gasteiger partial charge on any atom is 0.180 e. The molecule has 0 amide bonds. The fraction of sp³-hybridized carbons (Fsp3) is 0.0294. The van der Waals surface area contributed by atoms with Crippen molar-refractivity contribution in [3.05, 3.63) is 290 Å². The van der Waals surface area contributed by atoms with E-state index in [-0.39, 0.29) is 5.41 Å². The van der Waals surface area contributed by atoms with Crippen LogP contribution in [0.5, 0.6) is 0 Å². The van der Waals surface area contributed by atoms with E-state index in [2.05, 4.69) is 289 Å². The minimum absolute atomic E-state index is 0.336. The van der Waals surface area contributed by atoms with E-state index in [1.54, 1.807) is 0 Å². The number of para-hydroxylation sites is 2. The van der Waals surface area contributed by atoms with E-state index in [0.29, 0.717) is 0 Å². The van der Waals surface area contributed by atoms with Crippen LogP contribution >= 0.6 is 0 Å². The van der Waals surface area contributed by atoms with Crippen molar-refractivity contribution in [3.63, 3.8) is 0 Å². The molecule has 0 saturated carbocycles. The summed E-state index contributed by atoms with van der Waals surface area (Å²) in [4.78, 5) is 2.46. The average Bonchev–Trinajstić information content (AvgIpc) is 4.04. The first kappa shape index (κ1) is 41.2. The van der Waals surface area contributed by atoms with Gasteiger partial charge < -0.3 is 9.47 Å². The summed E-state index contributed by atoms with van der Waals surface area (Å²) >= 11 is 0. The first-order valence-electron chi connectivity index (χ1n) is 24.8. The van der Waals surface area contributed by atoms with Crippen LogP contribution in [0.4, 0.5) is 17.1 Å². The molecule has 0 saturated heterocycles. The highest BCUT2D eigenvalue weighted by Crippen LogP contribution is 2.54. The minimum atomic E-state index is -2.65. The Kier molecular flexibility index (Phi) is 9.39. The topological polar surface area (TPSA) is 8.17 Å². The molecule has 0 bridgehead atoms. The van der Waals surface area contributed by atoms with Crippen LogP contribution in [0, 0.1) is 0 Å². The molecular weight excluding hydrogens is 873 g/mol. The van der Waals surface area contributed by atoms with Gasteiger partial charge in [-0.2, -0.15) is 0 Å². The summed E-state index contributed by atoms with van der Waals surface area (Å²) in [5, 5.41) is 8.17. The van der Waals surface area contributed by atoms with E-state index in [0.717, 1.165) is 22.7 Å². The van der Waals surface area contributed by atoms with Gasteiger partial charge >= 0.3 is 0 Å². The number of benzene rings is 11. The molecule has 12 aromatic rings. The highest BCUT2D eigenvalue weighted by molar-refractivity contribution is 7.22. The number of nitrogens with zero attached hydrogens (tertiary/aromatic N) is 2. The first-order valence-corrected chi connectivity index (χ1v) is 26.8. The second-order valence-corrected chi connectivity index (χ2v) is 23.1. The smallest absolute Gasteiger partial charge is 0.180 e. The van der Waals surface area contributed by atoms with Crippen molar-refractivity contribution < 1.29 is 0 Å². The molecule has 14 rings (SSSR count). The van der Waals surface area contributed by atoms with Gasteiger partial charge in [0.2, 0.25) is 0 Å².